The van der Waals surface area contributed by atoms with Gasteiger partial charge in [-0.15, -0.1) is 0 Å². The summed E-state index contributed by atoms with van der Waals surface area (Å²) in [6, 6.07) is 20.7. The lowest BCUT2D eigenvalue weighted by molar-refractivity contribution is 0.0950. The highest BCUT2D eigenvalue weighted by Crippen LogP contribution is 2.18. The molecule has 2 amide bonds. The molecule has 0 spiro atoms. The molecular weight excluding hydrogens is 434 g/mol. The SMILES string of the molecule is CCOC(=O)Oc1ccc(C(=O)NCc2ccccc2NC(=O)c2ccc(N(C)C)cc2)cc1. The first-order chi connectivity index (χ1) is 16.4. The van der Waals surface area contributed by atoms with Gasteiger partial charge < -0.3 is 25.0 Å². The van der Waals surface area contributed by atoms with Crippen LogP contribution in [0.4, 0.5) is 16.2 Å². The Labute approximate surface area is 198 Å². The lowest BCUT2D eigenvalue weighted by Crippen LogP contribution is -2.24. The third-order valence-corrected chi connectivity index (χ3v) is 4.93. The summed E-state index contributed by atoms with van der Waals surface area (Å²) < 4.78 is 9.71. The van der Waals surface area contributed by atoms with E-state index in [2.05, 4.69) is 10.6 Å². The Morgan fingerprint density at radius 3 is 2.09 bits per heavy atom. The fourth-order valence-electron chi connectivity index (χ4n) is 3.10. The number of anilines is 2. The van der Waals surface area contributed by atoms with Crippen molar-refractivity contribution >= 4 is 29.3 Å². The molecule has 3 aromatic rings. The number of rotatable bonds is 8. The smallest absolute Gasteiger partial charge is 0.434 e. The second-order valence-corrected chi connectivity index (χ2v) is 7.54. The maximum absolute atomic E-state index is 12.7. The van der Waals surface area contributed by atoms with Gasteiger partial charge >= 0.3 is 6.16 Å². The van der Waals surface area contributed by atoms with E-state index < -0.39 is 6.16 Å². The van der Waals surface area contributed by atoms with E-state index in [1.807, 2.05) is 49.3 Å². The molecule has 0 atom stereocenters. The first-order valence-electron chi connectivity index (χ1n) is 10.8. The van der Waals surface area contributed by atoms with Gasteiger partial charge in [0, 0.05) is 43.1 Å². The minimum Gasteiger partial charge on any atom is -0.434 e. The van der Waals surface area contributed by atoms with Crippen molar-refractivity contribution in [2.45, 2.75) is 13.5 Å². The van der Waals surface area contributed by atoms with Gasteiger partial charge in [-0.05, 0) is 67.1 Å². The average Bonchev–Trinajstić information content (AvgIpc) is 2.84. The van der Waals surface area contributed by atoms with Crippen molar-refractivity contribution < 1.29 is 23.9 Å². The minimum atomic E-state index is -0.799. The van der Waals surface area contributed by atoms with Crippen molar-refractivity contribution in [3.05, 3.63) is 89.5 Å². The van der Waals surface area contributed by atoms with E-state index in [4.69, 9.17) is 9.47 Å². The molecule has 34 heavy (non-hydrogen) atoms. The van der Waals surface area contributed by atoms with Gasteiger partial charge in [-0.3, -0.25) is 9.59 Å². The van der Waals surface area contributed by atoms with Gasteiger partial charge in [0.05, 0.1) is 6.61 Å². The van der Waals surface area contributed by atoms with Gasteiger partial charge in [-0.1, -0.05) is 18.2 Å². The number of para-hydroxylation sites is 1. The molecule has 3 aromatic carbocycles. The first-order valence-corrected chi connectivity index (χ1v) is 10.8. The summed E-state index contributed by atoms with van der Waals surface area (Å²) >= 11 is 0. The number of carbonyl (C=O) groups excluding carboxylic acids is 3. The van der Waals surface area contributed by atoms with Gasteiger partial charge in [0.15, 0.2) is 0 Å². The number of carbonyl (C=O) groups is 3. The Morgan fingerprint density at radius 1 is 0.824 bits per heavy atom. The number of hydrogen-bond donors (Lipinski definition) is 2. The van der Waals surface area contributed by atoms with Crippen LogP contribution in [-0.4, -0.2) is 38.7 Å². The zero-order valence-electron chi connectivity index (χ0n) is 19.3. The fraction of sp³-hybridized carbons (Fsp3) is 0.192. The number of amides is 2. The predicted octanol–water partition coefficient (Wildman–Crippen LogP) is 4.47. The Bertz CT molecular complexity index is 1140. The van der Waals surface area contributed by atoms with Gasteiger partial charge in [0.25, 0.3) is 11.8 Å². The number of benzene rings is 3. The molecule has 0 saturated carbocycles. The molecule has 8 nitrogen and oxygen atoms in total. The maximum atomic E-state index is 12.7. The highest BCUT2D eigenvalue weighted by atomic mass is 16.7. The van der Waals surface area contributed by atoms with E-state index in [9.17, 15) is 14.4 Å². The molecule has 2 N–H and O–H groups in total. The molecule has 0 aliphatic carbocycles. The highest BCUT2D eigenvalue weighted by molar-refractivity contribution is 6.05. The summed E-state index contributed by atoms with van der Waals surface area (Å²) in [6.07, 6.45) is -0.799. The molecule has 8 heteroatoms. The van der Waals surface area contributed by atoms with Crippen molar-refractivity contribution in [2.24, 2.45) is 0 Å². The van der Waals surface area contributed by atoms with Crippen LogP contribution in [0.5, 0.6) is 5.75 Å². The van der Waals surface area contributed by atoms with E-state index in [0.717, 1.165) is 11.3 Å². The molecular formula is C26H27N3O5. The van der Waals surface area contributed by atoms with Crippen LogP contribution in [0.2, 0.25) is 0 Å². The molecule has 0 aliphatic heterocycles. The normalized spacial score (nSPS) is 10.2. The molecule has 0 radical (unpaired) electrons. The molecule has 0 saturated heterocycles. The van der Waals surface area contributed by atoms with Crippen molar-refractivity contribution in [1.82, 2.24) is 5.32 Å². The van der Waals surface area contributed by atoms with Crippen molar-refractivity contribution in [3.8, 4) is 5.75 Å². The average molecular weight is 462 g/mol. The van der Waals surface area contributed by atoms with Gasteiger partial charge in [0.1, 0.15) is 5.75 Å². The molecule has 0 heterocycles. The topological polar surface area (TPSA) is 97.0 Å². The van der Waals surface area contributed by atoms with Gasteiger partial charge in [-0.2, -0.15) is 0 Å². The Morgan fingerprint density at radius 2 is 1.44 bits per heavy atom. The molecule has 176 valence electrons. The lowest BCUT2D eigenvalue weighted by Gasteiger charge is -2.14. The zero-order valence-corrected chi connectivity index (χ0v) is 19.3. The van der Waals surface area contributed by atoms with Gasteiger partial charge in [0.2, 0.25) is 0 Å². The summed E-state index contributed by atoms with van der Waals surface area (Å²) in [6.45, 7) is 2.11. The van der Waals surface area contributed by atoms with E-state index in [1.165, 1.54) is 12.1 Å². The maximum Gasteiger partial charge on any atom is 0.513 e. The third-order valence-electron chi connectivity index (χ3n) is 4.93. The fourth-order valence-corrected chi connectivity index (χ4v) is 3.10. The molecule has 3 rings (SSSR count). The minimum absolute atomic E-state index is 0.212. The van der Waals surface area contributed by atoms with Crippen LogP contribution in [0, 0.1) is 0 Å². The summed E-state index contributed by atoms with van der Waals surface area (Å²) in [7, 11) is 3.87. The number of ether oxygens (including phenoxy) is 2. The Hall–Kier alpha value is -4.33. The van der Waals surface area contributed by atoms with Crippen LogP contribution < -0.4 is 20.3 Å². The zero-order chi connectivity index (χ0) is 24.5. The second-order valence-electron chi connectivity index (χ2n) is 7.54. The predicted molar refractivity (Wildman–Crippen MR) is 130 cm³/mol. The van der Waals surface area contributed by atoms with Gasteiger partial charge in [-0.25, -0.2) is 4.79 Å². The number of nitrogens with one attached hydrogen (secondary N) is 2. The molecule has 0 bridgehead atoms. The summed E-state index contributed by atoms with van der Waals surface area (Å²) in [5.74, 6) is -0.258. The first kappa shape index (κ1) is 24.3. The summed E-state index contributed by atoms with van der Waals surface area (Å²) in [5.41, 5.74) is 3.31. The molecule has 0 fully saturated rings. The van der Waals surface area contributed by atoms with E-state index >= 15 is 0 Å². The largest absolute Gasteiger partial charge is 0.513 e. The van der Waals surface area contributed by atoms with Crippen LogP contribution in [0.3, 0.4) is 0 Å². The third kappa shape index (κ3) is 6.59. The summed E-state index contributed by atoms with van der Waals surface area (Å²) in [4.78, 5) is 38.6. The van der Waals surface area contributed by atoms with Crippen molar-refractivity contribution in [3.63, 3.8) is 0 Å². The van der Waals surface area contributed by atoms with Crippen LogP contribution in [0.15, 0.2) is 72.8 Å². The number of hydrogen-bond acceptors (Lipinski definition) is 6. The molecule has 0 aromatic heterocycles. The summed E-state index contributed by atoms with van der Waals surface area (Å²) in [5, 5.41) is 5.75. The van der Waals surface area contributed by atoms with Crippen molar-refractivity contribution in [2.75, 3.05) is 30.9 Å². The van der Waals surface area contributed by atoms with E-state index in [0.29, 0.717) is 16.8 Å². The Balaban J connectivity index is 1.61. The van der Waals surface area contributed by atoms with Crippen LogP contribution >= 0.6 is 0 Å². The standard InChI is InChI=1S/C26H27N3O5/c1-4-33-26(32)34-22-15-11-18(12-16-22)24(30)27-17-20-7-5-6-8-23(20)28-25(31)19-9-13-21(14-10-19)29(2)3/h5-16H,4,17H2,1-3H3,(H,27,30)(H,28,31). The monoisotopic (exact) mass is 461 g/mol. The van der Waals surface area contributed by atoms with Crippen molar-refractivity contribution in [1.29, 1.82) is 0 Å². The Kier molecular flexibility index (Phi) is 8.23. The lowest BCUT2D eigenvalue weighted by atomic mass is 10.1. The van der Waals surface area contributed by atoms with Crippen LogP contribution in [-0.2, 0) is 11.3 Å². The second kappa shape index (κ2) is 11.5. The quantitative estimate of drug-likeness (QED) is 0.380. The van der Waals surface area contributed by atoms with E-state index in [-0.39, 0.29) is 30.7 Å². The van der Waals surface area contributed by atoms with Crippen LogP contribution in [0.1, 0.15) is 33.2 Å². The highest BCUT2D eigenvalue weighted by Gasteiger charge is 2.12. The number of nitrogens with zero attached hydrogens (tertiary/aromatic N) is 1. The molecule has 0 aliphatic rings. The van der Waals surface area contributed by atoms with E-state index in [1.54, 1.807) is 37.3 Å². The molecule has 0 unspecified atom stereocenters. The van der Waals surface area contributed by atoms with Crippen LogP contribution in [0.25, 0.3) is 0 Å².